The lowest BCUT2D eigenvalue weighted by Crippen LogP contribution is -2.41. The lowest BCUT2D eigenvalue weighted by atomic mass is 9.92. The van der Waals surface area contributed by atoms with Crippen molar-refractivity contribution in [2.75, 3.05) is 0 Å². The molecule has 0 spiro atoms. The molecule has 4 heteroatoms. The molecule has 102 valence electrons. The zero-order valence-corrected chi connectivity index (χ0v) is 11.2. The van der Waals surface area contributed by atoms with E-state index in [-0.39, 0.29) is 18.0 Å². The molecule has 2 N–H and O–H groups in total. The highest BCUT2D eigenvalue weighted by Crippen LogP contribution is 2.37. The van der Waals surface area contributed by atoms with Gasteiger partial charge in [-0.3, -0.25) is 9.78 Å². The average Bonchev–Trinajstić information content (AvgIpc) is 2.75. The summed E-state index contributed by atoms with van der Waals surface area (Å²) in [4.78, 5) is 18.5. The minimum atomic E-state index is -0.0985. The standard InChI is InChI=1S/C15H21N3O/c16-13-9-14(19)18(12-6-2-1-3-7-12)15(13)11-5-4-8-17-10-11/h4-5,8,10,12-13,15H,1-3,6-7,9,16H2/t13-,15-/m0/s1. The summed E-state index contributed by atoms with van der Waals surface area (Å²) in [5.41, 5.74) is 7.28. The van der Waals surface area contributed by atoms with E-state index in [4.69, 9.17) is 5.73 Å². The Bertz CT molecular complexity index is 442. The molecule has 2 atom stereocenters. The van der Waals surface area contributed by atoms with Crippen LogP contribution in [0.4, 0.5) is 0 Å². The minimum absolute atomic E-state index is 0.0179. The first-order valence-corrected chi connectivity index (χ1v) is 7.24. The van der Waals surface area contributed by atoms with Gasteiger partial charge in [0.25, 0.3) is 0 Å². The van der Waals surface area contributed by atoms with E-state index >= 15 is 0 Å². The van der Waals surface area contributed by atoms with Gasteiger partial charge in [-0.05, 0) is 24.5 Å². The predicted molar refractivity (Wildman–Crippen MR) is 73.3 cm³/mol. The van der Waals surface area contributed by atoms with Crippen LogP contribution in [-0.2, 0) is 4.79 Å². The highest BCUT2D eigenvalue weighted by Gasteiger charge is 2.42. The topological polar surface area (TPSA) is 59.2 Å². The molecule has 2 heterocycles. The van der Waals surface area contributed by atoms with Crippen molar-refractivity contribution in [3.63, 3.8) is 0 Å². The zero-order chi connectivity index (χ0) is 13.2. The molecule has 1 aromatic heterocycles. The number of amides is 1. The van der Waals surface area contributed by atoms with Crippen LogP contribution in [0.5, 0.6) is 0 Å². The summed E-state index contributed by atoms with van der Waals surface area (Å²) in [5.74, 6) is 0.216. The Morgan fingerprint density at radius 3 is 2.74 bits per heavy atom. The van der Waals surface area contributed by atoms with Crippen LogP contribution in [0.3, 0.4) is 0 Å². The molecule has 2 aliphatic rings. The molecule has 0 aromatic carbocycles. The van der Waals surface area contributed by atoms with Crippen molar-refractivity contribution in [3.8, 4) is 0 Å². The molecule has 0 bridgehead atoms. The quantitative estimate of drug-likeness (QED) is 0.884. The van der Waals surface area contributed by atoms with Crippen molar-refractivity contribution in [1.29, 1.82) is 0 Å². The number of nitrogens with two attached hydrogens (primary N) is 1. The minimum Gasteiger partial charge on any atom is -0.331 e. The Morgan fingerprint density at radius 2 is 2.05 bits per heavy atom. The molecule has 1 aliphatic carbocycles. The number of carbonyl (C=O) groups is 1. The number of nitrogens with zero attached hydrogens (tertiary/aromatic N) is 2. The Hall–Kier alpha value is -1.42. The molecule has 4 nitrogen and oxygen atoms in total. The molecule has 2 fully saturated rings. The Morgan fingerprint density at radius 1 is 1.26 bits per heavy atom. The Balaban J connectivity index is 1.88. The van der Waals surface area contributed by atoms with Gasteiger partial charge in [0.15, 0.2) is 0 Å². The fourth-order valence-corrected chi connectivity index (χ4v) is 3.53. The monoisotopic (exact) mass is 259 g/mol. The van der Waals surface area contributed by atoms with E-state index < -0.39 is 0 Å². The molecule has 0 radical (unpaired) electrons. The number of pyridine rings is 1. The molecule has 1 aliphatic heterocycles. The normalized spacial score (nSPS) is 28.9. The van der Waals surface area contributed by atoms with Crippen LogP contribution in [0, 0.1) is 0 Å². The molecule has 19 heavy (non-hydrogen) atoms. The first kappa shape index (κ1) is 12.6. The van der Waals surface area contributed by atoms with Crippen LogP contribution in [0.25, 0.3) is 0 Å². The molecule has 1 amide bonds. The second-order valence-corrected chi connectivity index (χ2v) is 5.69. The van der Waals surface area contributed by atoms with Crippen molar-refractivity contribution in [2.45, 2.75) is 56.7 Å². The van der Waals surface area contributed by atoms with Crippen molar-refractivity contribution in [3.05, 3.63) is 30.1 Å². The second-order valence-electron chi connectivity index (χ2n) is 5.69. The molecule has 1 saturated heterocycles. The molecule has 0 unspecified atom stereocenters. The maximum Gasteiger partial charge on any atom is 0.225 e. The number of aromatic nitrogens is 1. The molecule has 3 rings (SSSR count). The lowest BCUT2D eigenvalue weighted by molar-refractivity contribution is -0.132. The summed E-state index contributed by atoms with van der Waals surface area (Å²) in [5, 5.41) is 0. The smallest absolute Gasteiger partial charge is 0.225 e. The molecule has 1 aromatic rings. The number of rotatable bonds is 2. The molecular weight excluding hydrogens is 238 g/mol. The zero-order valence-electron chi connectivity index (χ0n) is 11.2. The van der Waals surface area contributed by atoms with Crippen molar-refractivity contribution >= 4 is 5.91 Å². The maximum atomic E-state index is 12.3. The predicted octanol–water partition coefficient (Wildman–Crippen LogP) is 2.01. The van der Waals surface area contributed by atoms with Crippen LogP contribution < -0.4 is 5.73 Å². The third-order valence-corrected chi connectivity index (χ3v) is 4.40. The van der Waals surface area contributed by atoms with Crippen LogP contribution in [0.15, 0.2) is 24.5 Å². The summed E-state index contributed by atoms with van der Waals surface area (Å²) < 4.78 is 0. The van der Waals surface area contributed by atoms with Crippen molar-refractivity contribution < 1.29 is 4.79 Å². The Kier molecular flexibility index (Phi) is 3.51. The van der Waals surface area contributed by atoms with Gasteiger partial charge < -0.3 is 10.6 Å². The summed E-state index contributed by atoms with van der Waals surface area (Å²) in [7, 11) is 0. The molecule has 1 saturated carbocycles. The van der Waals surface area contributed by atoms with E-state index in [2.05, 4.69) is 9.88 Å². The van der Waals surface area contributed by atoms with E-state index in [9.17, 15) is 4.79 Å². The second kappa shape index (κ2) is 5.29. The Labute approximate surface area is 114 Å². The van der Waals surface area contributed by atoms with Crippen LogP contribution in [-0.4, -0.2) is 27.9 Å². The number of hydrogen-bond acceptors (Lipinski definition) is 3. The van der Waals surface area contributed by atoms with E-state index in [1.165, 1.54) is 19.3 Å². The third-order valence-electron chi connectivity index (χ3n) is 4.40. The summed E-state index contributed by atoms with van der Waals surface area (Å²) in [6, 6.07) is 4.25. The third kappa shape index (κ3) is 2.37. The van der Waals surface area contributed by atoms with Crippen LogP contribution in [0.1, 0.15) is 50.1 Å². The van der Waals surface area contributed by atoms with Crippen LogP contribution >= 0.6 is 0 Å². The van der Waals surface area contributed by atoms with Gasteiger partial charge in [-0.2, -0.15) is 0 Å². The van der Waals surface area contributed by atoms with Gasteiger partial charge >= 0.3 is 0 Å². The maximum absolute atomic E-state index is 12.3. The SMILES string of the molecule is N[C@H]1CC(=O)N(C2CCCCC2)[C@H]1c1cccnc1. The highest BCUT2D eigenvalue weighted by molar-refractivity contribution is 5.80. The number of carbonyl (C=O) groups excluding carboxylic acids is 1. The van der Waals surface area contributed by atoms with Gasteiger partial charge in [-0.25, -0.2) is 0 Å². The van der Waals surface area contributed by atoms with Crippen LogP contribution in [0.2, 0.25) is 0 Å². The van der Waals surface area contributed by atoms with E-state index in [1.807, 2.05) is 18.3 Å². The first-order valence-electron chi connectivity index (χ1n) is 7.24. The number of hydrogen-bond donors (Lipinski definition) is 1. The number of likely N-dealkylation sites (tertiary alicyclic amines) is 1. The fourth-order valence-electron chi connectivity index (χ4n) is 3.53. The van der Waals surface area contributed by atoms with E-state index in [0.717, 1.165) is 18.4 Å². The van der Waals surface area contributed by atoms with Crippen molar-refractivity contribution in [2.24, 2.45) is 5.73 Å². The van der Waals surface area contributed by atoms with E-state index in [0.29, 0.717) is 12.5 Å². The van der Waals surface area contributed by atoms with Gasteiger partial charge in [-0.1, -0.05) is 25.3 Å². The average molecular weight is 259 g/mol. The van der Waals surface area contributed by atoms with Crippen molar-refractivity contribution in [1.82, 2.24) is 9.88 Å². The highest BCUT2D eigenvalue weighted by atomic mass is 16.2. The fraction of sp³-hybridized carbons (Fsp3) is 0.600. The van der Waals surface area contributed by atoms with Gasteiger partial charge in [0.2, 0.25) is 5.91 Å². The van der Waals surface area contributed by atoms with E-state index in [1.54, 1.807) is 6.20 Å². The summed E-state index contributed by atoms with van der Waals surface area (Å²) >= 11 is 0. The van der Waals surface area contributed by atoms with Gasteiger partial charge in [0.05, 0.1) is 6.04 Å². The summed E-state index contributed by atoms with van der Waals surface area (Å²) in [6.07, 6.45) is 10.1. The largest absolute Gasteiger partial charge is 0.331 e. The first-order chi connectivity index (χ1) is 9.27. The van der Waals surface area contributed by atoms with Gasteiger partial charge in [0, 0.05) is 30.9 Å². The van der Waals surface area contributed by atoms with Gasteiger partial charge in [0.1, 0.15) is 0 Å². The van der Waals surface area contributed by atoms with Gasteiger partial charge in [-0.15, -0.1) is 0 Å². The molecular formula is C15H21N3O. The summed E-state index contributed by atoms with van der Waals surface area (Å²) in [6.45, 7) is 0. The lowest BCUT2D eigenvalue weighted by Gasteiger charge is -2.36.